The van der Waals surface area contributed by atoms with Gasteiger partial charge in [-0.2, -0.15) is 0 Å². The van der Waals surface area contributed by atoms with Crippen LogP contribution in [-0.2, 0) is 24.8 Å². The van der Waals surface area contributed by atoms with Gasteiger partial charge in [0.2, 0.25) is 5.91 Å². The van der Waals surface area contributed by atoms with E-state index in [4.69, 9.17) is 0 Å². The molecule has 1 aromatic carbocycles. The van der Waals surface area contributed by atoms with Crippen LogP contribution in [0.15, 0.2) is 36.8 Å². The van der Waals surface area contributed by atoms with E-state index < -0.39 is 0 Å². The second-order valence-corrected chi connectivity index (χ2v) is 9.97. The van der Waals surface area contributed by atoms with Crippen molar-refractivity contribution in [3.63, 3.8) is 0 Å². The molecule has 2 atom stereocenters. The third-order valence-corrected chi connectivity index (χ3v) is 7.12. The van der Waals surface area contributed by atoms with Crippen molar-refractivity contribution in [3.8, 4) is 0 Å². The Balaban J connectivity index is 1.55. The van der Waals surface area contributed by atoms with Crippen LogP contribution in [0.2, 0.25) is 0 Å². The lowest BCUT2D eigenvalue weighted by Gasteiger charge is -2.32. The molecule has 0 aliphatic carbocycles. The Labute approximate surface area is 190 Å². The number of piperidine rings is 1. The van der Waals surface area contributed by atoms with Crippen LogP contribution < -0.4 is 5.32 Å². The van der Waals surface area contributed by atoms with Crippen LogP contribution in [0.1, 0.15) is 62.5 Å². The number of hydrogen-bond donors (Lipinski definition) is 1. The van der Waals surface area contributed by atoms with Crippen molar-refractivity contribution in [2.24, 2.45) is 13.0 Å². The lowest BCUT2D eigenvalue weighted by molar-refractivity contribution is -0.134. The highest BCUT2D eigenvalue weighted by Gasteiger charge is 2.33. The molecule has 0 radical (unpaired) electrons. The standard InChI is InChI=1S/C26H35N5O/c1-18(2)14-21-20-8-7-9-23-25(20)19(16-31(23)17-24-27-10-13-29(24)3)15-22(28-21)26(32)30-11-5-4-6-12-30/h7-10,13,16,18,21-22,28H,4-6,11-12,14-15,17H2,1-3H3. The predicted molar refractivity (Wildman–Crippen MR) is 128 cm³/mol. The van der Waals surface area contributed by atoms with Gasteiger partial charge in [-0.1, -0.05) is 26.0 Å². The van der Waals surface area contributed by atoms with Gasteiger partial charge in [0.1, 0.15) is 5.82 Å². The van der Waals surface area contributed by atoms with Crippen molar-refractivity contribution in [2.75, 3.05) is 13.1 Å². The summed E-state index contributed by atoms with van der Waals surface area (Å²) in [6.45, 7) is 7.06. The van der Waals surface area contributed by atoms with Gasteiger partial charge in [0.05, 0.1) is 12.6 Å². The minimum atomic E-state index is -0.170. The number of hydrogen-bond acceptors (Lipinski definition) is 3. The first kappa shape index (κ1) is 21.3. The largest absolute Gasteiger partial charge is 0.341 e. The van der Waals surface area contributed by atoms with E-state index in [1.165, 1.54) is 28.5 Å². The summed E-state index contributed by atoms with van der Waals surface area (Å²) in [4.78, 5) is 20.2. The molecule has 170 valence electrons. The molecule has 0 bridgehead atoms. The number of likely N-dealkylation sites (tertiary alicyclic amines) is 1. The Kier molecular flexibility index (Phi) is 5.80. The molecule has 32 heavy (non-hydrogen) atoms. The second kappa shape index (κ2) is 8.74. The van der Waals surface area contributed by atoms with Crippen LogP contribution in [0.3, 0.4) is 0 Å². The number of carbonyl (C=O) groups is 1. The fraction of sp³-hybridized carbons (Fsp3) is 0.538. The minimum absolute atomic E-state index is 0.170. The number of aromatic nitrogens is 3. The van der Waals surface area contributed by atoms with Crippen LogP contribution in [0.25, 0.3) is 10.9 Å². The molecule has 2 aliphatic heterocycles. The lowest BCUT2D eigenvalue weighted by Crippen LogP contribution is -2.49. The van der Waals surface area contributed by atoms with Gasteiger partial charge < -0.3 is 14.0 Å². The number of carbonyl (C=O) groups excluding carboxylic acids is 1. The maximum Gasteiger partial charge on any atom is 0.240 e. The zero-order chi connectivity index (χ0) is 22.2. The summed E-state index contributed by atoms with van der Waals surface area (Å²) in [5.74, 6) is 1.86. The summed E-state index contributed by atoms with van der Waals surface area (Å²) in [6, 6.07) is 6.65. The molecule has 0 saturated carbocycles. The van der Waals surface area contributed by atoms with E-state index in [1.54, 1.807) is 0 Å². The molecule has 3 aromatic rings. The smallest absolute Gasteiger partial charge is 0.240 e. The highest BCUT2D eigenvalue weighted by atomic mass is 16.2. The van der Waals surface area contributed by atoms with E-state index in [0.29, 0.717) is 5.92 Å². The molecule has 6 heteroatoms. The normalized spacial score (nSPS) is 21.3. The number of rotatable bonds is 5. The van der Waals surface area contributed by atoms with Crippen molar-refractivity contribution in [1.82, 2.24) is 24.3 Å². The summed E-state index contributed by atoms with van der Waals surface area (Å²) in [6.07, 6.45) is 11.4. The van der Waals surface area contributed by atoms with Gasteiger partial charge in [-0.3, -0.25) is 10.1 Å². The molecule has 0 spiro atoms. The van der Waals surface area contributed by atoms with E-state index in [9.17, 15) is 4.79 Å². The van der Waals surface area contributed by atoms with Gasteiger partial charge in [-0.25, -0.2) is 4.98 Å². The maximum atomic E-state index is 13.6. The molecule has 2 aromatic heterocycles. The quantitative estimate of drug-likeness (QED) is 0.661. The SMILES string of the molecule is CC(C)CC1NC(C(=O)N2CCCCC2)Cc2cn(Cc3nccn3C)c3cccc1c23. The highest BCUT2D eigenvalue weighted by Crippen LogP contribution is 2.36. The topological polar surface area (TPSA) is 55.1 Å². The molecule has 4 heterocycles. The third kappa shape index (κ3) is 3.96. The van der Waals surface area contributed by atoms with Crippen LogP contribution in [-0.4, -0.2) is 44.1 Å². The van der Waals surface area contributed by atoms with Gasteiger partial charge in [-0.15, -0.1) is 0 Å². The Morgan fingerprint density at radius 3 is 2.75 bits per heavy atom. The van der Waals surface area contributed by atoms with Crippen molar-refractivity contribution in [1.29, 1.82) is 0 Å². The van der Waals surface area contributed by atoms with E-state index >= 15 is 0 Å². The van der Waals surface area contributed by atoms with Gasteiger partial charge in [0.25, 0.3) is 0 Å². The first-order valence-electron chi connectivity index (χ1n) is 12.1. The molecular weight excluding hydrogens is 398 g/mol. The summed E-state index contributed by atoms with van der Waals surface area (Å²) in [5.41, 5.74) is 3.85. The van der Waals surface area contributed by atoms with Crippen LogP contribution in [0.4, 0.5) is 0 Å². The zero-order valence-electron chi connectivity index (χ0n) is 19.6. The summed E-state index contributed by atoms with van der Waals surface area (Å²) >= 11 is 0. The average Bonchev–Trinajstić information content (AvgIpc) is 3.31. The Morgan fingerprint density at radius 1 is 1.22 bits per heavy atom. The maximum absolute atomic E-state index is 13.6. The Bertz CT molecular complexity index is 1100. The van der Waals surface area contributed by atoms with Crippen LogP contribution in [0, 0.1) is 5.92 Å². The predicted octanol–water partition coefficient (Wildman–Crippen LogP) is 4.04. The number of amides is 1. The fourth-order valence-electron chi connectivity index (χ4n) is 5.52. The van der Waals surface area contributed by atoms with Crippen LogP contribution >= 0.6 is 0 Å². The second-order valence-electron chi connectivity index (χ2n) is 9.97. The van der Waals surface area contributed by atoms with Crippen molar-refractivity contribution in [2.45, 2.75) is 64.6 Å². The van der Waals surface area contributed by atoms with Gasteiger partial charge in [0, 0.05) is 55.7 Å². The molecule has 2 aliphatic rings. The lowest BCUT2D eigenvalue weighted by atomic mass is 9.94. The van der Waals surface area contributed by atoms with Crippen molar-refractivity contribution < 1.29 is 4.79 Å². The fourth-order valence-corrected chi connectivity index (χ4v) is 5.52. The number of nitrogens with zero attached hydrogens (tertiary/aromatic N) is 4. The monoisotopic (exact) mass is 433 g/mol. The molecule has 2 unspecified atom stereocenters. The summed E-state index contributed by atoms with van der Waals surface area (Å²) < 4.78 is 4.39. The molecule has 5 rings (SSSR count). The summed E-state index contributed by atoms with van der Waals surface area (Å²) in [5, 5.41) is 5.12. The van der Waals surface area contributed by atoms with Gasteiger partial charge >= 0.3 is 0 Å². The first-order chi connectivity index (χ1) is 15.5. The molecule has 6 nitrogen and oxygen atoms in total. The van der Waals surface area contributed by atoms with Crippen molar-refractivity contribution >= 4 is 16.8 Å². The van der Waals surface area contributed by atoms with E-state index in [0.717, 1.165) is 51.1 Å². The molecule has 1 fully saturated rings. The number of benzene rings is 1. The summed E-state index contributed by atoms with van der Waals surface area (Å²) in [7, 11) is 2.04. The first-order valence-corrected chi connectivity index (χ1v) is 12.1. The molecule has 1 amide bonds. The highest BCUT2D eigenvalue weighted by molar-refractivity contribution is 5.90. The Morgan fingerprint density at radius 2 is 2.03 bits per heavy atom. The average molecular weight is 434 g/mol. The minimum Gasteiger partial charge on any atom is -0.341 e. The number of imidazole rings is 1. The number of aryl methyl sites for hydroxylation is 1. The zero-order valence-corrected chi connectivity index (χ0v) is 19.6. The molecule has 1 saturated heterocycles. The Hall–Kier alpha value is -2.60. The molecular formula is C26H35N5O. The van der Waals surface area contributed by atoms with Gasteiger partial charge in [0.15, 0.2) is 0 Å². The molecule has 1 N–H and O–H groups in total. The van der Waals surface area contributed by atoms with Crippen molar-refractivity contribution in [3.05, 3.63) is 53.7 Å². The van der Waals surface area contributed by atoms with E-state index in [2.05, 4.69) is 62.6 Å². The van der Waals surface area contributed by atoms with E-state index in [-0.39, 0.29) is 18.0 Å². The van der Waals surface area contributed by atoms with Crippen LogP contribution in [0.5, 0.6) is 0 Å². The van der Waals surface area contributed by atoms with Gasteiger partial charge in [-0.05, 0) is 55.2 Å². The number of nitrogens with one attached hydrogen (secondary N) is 1. The third-order valence-electron chi connectivity index (χ3n) is 7.12. The van der Waals surface area contributed by atoms with E-state index in [1.807, 2.05) is 19.4 Å².